The zero-order chi connectivity index (χ0) is 27.7. The molecule has 0 atom stereocenters. The number of nitrogens with one attached hydrogen (secondary N) is 1. The van der Waals surface area contributed by atoms with Crippen molar-refractivity contribution in [3.63, 3.8) is 0 Å². The fourth-order valence-electron chi connectivity index (χ4n) is 4.87. The van der Waals surface area contributed by atoms with E-state index in [1.807, 2.05) is 29.7 Å². The molecule has 0 saturated carbocycles. The Bertz CT molecular complexity index is 1460. The molecule has 3 heterocycles. The Morgan fingerprint density at radius 2 is 1.77 bits per heavy atom. The summed E-state index contributed by atoms with van der Waals surface area (Å²) in [5.41, 5.74) is 3.97. The van der Waals surface area contributed by atoms with E-state index in [2.05, 4.69) is 32.9 Å². The van der Waals surface area contributed by atoms with Gasteiger partial charge in [-0.2, -0.15) is 18.3 Å². The molecule has 0 bridgehead atoms. The molecule has 1 saturated heterocycles. The Labute approximate surface area is 223 Å². The fourth-order valence-corrected chi connectivity index (χ4v) is 4.87. The Hall–Kier alpha value is -4.06. The molecular formula is C27H29F3N6O3. The number of hydrogen-bond acceptors (Lipinski definition) is 6. The third kappa shape index (κ3) is 5.56. The zero-order valence-corrected chi connectivity index (χ0v) is 21.8. The van der Waals surface area contributed by atoms with Crippen LogP contribution < -0.4 is 14.8 Å². The second kappa shape index (κ2) is 10.6. The summed E-state index contributed by atoms with van der Waals surface area (Å²) in [7, 11) is 4.81. The summed E-state index contributed by atoms with van der Waals surface area (Å²) >= 11 is 0. The van der Waals surface area contributed by atoms with Crippen molar-refractivity contribution in [2.45, 2.75) is 25.1 Å². The van der Waals surface area contributed by atoms with Gasteiger partial charge in [-0.3, -0.25) is 14.0 Å². The topological polar surface area (TPSA) is 86.4 Å². The molecule has 1 N–H and O–H groups in total. The number of nitrogens with zero attached hydrogens (tertiary/aromatic N) is 5. The third-order valence-electron chi connectivity index (χ3n) is 6.99. The first-order chi connectivity index (χ1) is 18.7. The highest BCUT2D eigenvalue weighted by molar-refractivity contribution is 6.00. The fraction of sp³-hybridized carbons (Fsp3) is 0.370. The van der Waals surface area contributed by atoms with Crippen molar-refractivity contribution in [3.05, 3.63) is 54.6 Å². The number of benzene rings is 2. The van der Waals surface area contributed by atoms with Crippen molar-refractivity contribution in [3.8, 4) is 28.3 Å². The number of rotatable bonds is 7. The molecule has 5 rings (SSSR count). The maximum Gasteiger partial charge on any atom is 0.405 e. The highest BCUT2D eigenvalue weighted by Crippen LogP contribution is 2.34. The number of alkyl halides is 3. The molecule has 12 heteroatoms. The van der Waals surface area contributed by atoms with Gasteiger partial charge in [0, 0.05) is 23.9 Å². The van der Waals surface area contributed by atoms with Gasteiger partial charge < -0.3 is 19.7 Å². The number of imidazole rings is 1. The van der Waals surface area contributed by atoms with E-state index in [0.717, 1.165) is 48.1 Å². The van der Waals surface area contributed by atoms with Crippen molar-refractivity contribution < 1.29 is 27.4 Å². The molecule has 2 aromatic carbocycles. The molecule has 4 aromatic rings. The smallest absolute Gasteiger partial charge is 0.405 e. The molecule has 0 aliphatic carbocycles. The highest BCUT2D eigenvalue weighted by Gasteiger charge is 2.30. The molecule has 1 amide bonds. The van der Waals surface area contributed by atoms with Crippen LogP contribution in [-0.2, 0) is 0 Å². The van der Waals surface area contributed by atoms with E-state index < -0.39 is 18.6 Å². The van der Waals surface area contributed by atoms with Gasteiger partial charge >= 0.3 is 6.18 Å². The minimum atomic E-state index is -4.55. The SMILES string of the molecule is COc1cc(-n2cnc3cc(-c4cnn(C5CCN(C)CC5)c4)ccc32)cc(OC)c1C(=O)NCC(F)(F)F. The molecule has 0 radical (unpaired) electrons. The van der Waals surface area contributed by atoms with E-state index in [1.165, 1.54) is 14.2 Å². The summed E-state index contributed by atoms with van der Waals surface area (Å²) in [6.07, 6.45) is 3.17. The number of amides is 1. The Balaban J connectivity index is 1.43. The summed E-state index contributed by atoms with van der Waals surface area (Å²) in [6, 6.07) is 9.42. The van der Waals surface area contributed by atoms with Gasteiger partial charge in [0.25, 0.3) is 5.91 Å². The van der Waals surface area contributed by atoms with Gasteiger partial charge in [-0.05, 0) is 50.7 Å². The van der Waals surface area contributed by atoms with Gasteiger partial charge in [0.1, 0.15) is 29.9 Å². The van der Waals surface area contributed by atoms with Gasteiger partial charge in [-0.1, -0.05) is 6.07 Å². The lowest BCUT2D eigenvalue weighted by Crippen LogP contribution is -2.34. The van der Waals surface area contributed by atoms with Gasteiger partial charge in [-0.25, -0.2) is 4.98 Å². The van der Waals surface area contributed by atoms with Gasteiger partial charge in [0.2, 0.25) is 0 Å². The monoisotopic (exact) mass is 542 g/mol. The van der Waals surface area contributed by atoms with Crippen molar-refractivity contribution in [2.24, 2.45) is 0 Å². The number of fused-ring (bicyclic) bond motifs is 1. The molecule has 206 valence electrons. The average molecular weight is 543 g/mol. The lowest BCUT2D eigenvalue weighted by molar-refractivity contribution is -0.123. The normalized spacial score (nSPS) is 15.0. The number of carbonyl (C=O) groups is 1. The molecule has 1 aliphatic rings. The number of ether oxygens (including phenoxy) is 2. The van der Waals surface area contributed by atoms with E-state index in [9.17, 15) is 18.0 Å². The van der Waals surface area contributed by atoms with Crippen LogP contribution in [0.5, 0.6) is 11.5 Å². The lowest BCUT2D eigenvalue weighted by atomic mass is 10.1. The van der Waals surface area contributed by atoms with Crippen LogP contribution in [-0.4, -0.2) is 77.2 Å². The summed E-state index contributed by atoms with van der Waals surface area (Å²) < 4.78 is 52.5. The number of aromatic nitrogens is 4. The summed E-state index contributed by atoms with van der Waals surface area (Å²) in [5, 5.41) is 6.48. The van der Waals surface area contributed by atoms with E-state index in [-0.39, 0.29) is 17.1 Å². The second-order valence-corrected chi connectivity index (χ2v) is 9.58. The van der Waals surface area contributed by atoms with Gasteiger partial charge in [0.05, 0.1) is 43.2 Å². The van der Waals surface area contributed by atoms with Crippen molar-refractivity contribution in [1.29, 1.82) is 0 Å². The molecule has 9 nitrogen and oxygen atoms in total. The molecule has 39 heavy (non-hydrogen) atoms. The van der Waals surface area contributed by atoms with Crippen molar-refractivity contribution in [2.75, 3.05) is 40.9 Å². The molecule has 2 aromatic heterocycles. The average Bonchev–Trinajstić information content (AvgIpc) is 3.58. The second-order valence-electron chi connectivity index (χ2n) is 9.58. The number of halogens is 3. The number of methoxy groups -OCH3 is 2. The molecule has 1 fully saturated rings. The predicted molar refractivity (Wildman–Crippen MR) is 140 cm³/mol. The maximum absolute atomic E-state index is 12.6. The largest absolute Gasteiger partial charge is 0.496 e. The molecule has 0 spiro atoms. The van der Waals surface area contributed by atoms with Gasteiger partial charge in [-0.15, -0.1) is 0 Å². The van der Waals surface area contributed by atoms with Crippen molar-refractivity contribution in [1.82, 2.24) is 29.5 Å². The third-order valence-corrected chi connectivity index (χ3v) is 6.99. The first kappa shape index (κ1) is 26.5. The predicted octanol–water partition coefficient (Wildman–Crippen LogP) is 4.47. The summed E-state index contributed by atoms with van der Waals surface area (Å²) in [5.74, 6) is -0.805. The zero-order valence-electron chi connectivity index (χ0n) is 21.8. The highest BCUT2D eigenvalue weighted by atomic mass is 19.4. The van der Waals surface area contributed by atoms with Crippen LogP contribution in [0.3, 0.4) is 0 Å². The first-order valence-electron chi connectivity index (χ1n) is 12.5. The van der Waals surface area contributed by atoms with E-state index in [4.69, 9.17) is 9.47 Å². The van der Waals surface area contributed by atoms with Crippen LogP contribution in [0.4, 0.5) is 13.2 Å². The van der Waals surface area contributed by atoms with Crippen LogP contribution in [0.1, 0.15) is 29.2 Å². The first-order valence-corrected chi connectivity index (χ1v) is 12.5. The lowest BCUT2D eigenvalue weighted by Gasteiger charge is -2.28. The maximum atomic E-state index is 12.6. The van der Waals surface area contributed by atoms with Crippen LogP contribution in [0.2, 0.25) is 0 Å². The van der Waals surface area contributed by atoms with E-state index >= 15 is 0 Å². The van der Waals surface area contributed by atoms with Crippen molar-refractivity contribution >= 4 is 16.9 Å². The minimum Gasteiger partial charge on any atom is -0.496 e. The molecule has 1 aliphatic heterocycles. The Kier molecular flexibility index (Phi) is 7.21. The quantitative estimate of drug-likeness (QED) is 0.371. The van der Waals surface area contributed by atoms with Crippen LogP contribution >= 0.6 is 0 Å². The number of piperidine rings is 1. The molecular weight excluding hydrogens is 513 g/mol. The van der Waals surface area contributed by atoms with E-state index in [0.29, 0.717) is 11.7 Å². The standard InChI is InChI=1S/C27H29F3N6O3/c1-34-8-6-19(7-9-34)36-14-18(13-33-36)17-4-5-22-21(10-17)32-16-35(22)20-11-23(38-2)25(24(12-20)39-3)26(37)31-15-27(28,29)30/h4-5,10-14,16,19H,6-9,15H2,1-3H3,(H,31,37). The van der Waals surface area contributed by atoms with Crippen LogP contribution in [0.25, 0.3) is 27.8 Å². The Morgan fingerprint density at radius 3 is 2.41 bits per heavy atom. The number of hydrogen-bond donors (Lipinski definition) is 1. The summed E-state index contributed by atoms with van der Waals surface area (Å²) in [6.45, 7) is 0.640. The van der Waals surface area contributed by atoms with Gasteiger partial charge in [0.15, 0.2) is 0 Å². The van der Waals surface area contributed by atoms with Crippen LogP contribution in [0, 0.1) is 0 Å². The van der Waals surface area contributed by atoms with Crippen LogP contribution in [0.15, 0.2) is 49.1 Å². The van der Waals surface area contributed by atoms with E-state index in [1.54, 1.807) is 23.0 Å². The molecule has 0 unspecified atom stereocenters. The minimum absolute atomic E-state index is 0.0730. The number of carbonyl (C=O) groups excluding carboxylic acids is 1. The summed E-state index contributed by atoms with van der Waals surface area (Å²) in [4.78, 5) is 19.4. The Morgan fingerprint density at radius 1 is 1.08 bits per heavy atom. The number of likely N-dealkylation sites (tertiary alicyclic amines) is 1.